The zero-order valence-electron chi connectivity index (χ0n) is 7.59. The van der Waals surface area contributed by atoms with E-state index in [-0.39, 0.29) is 0 Å². The van der Waals surface area contributed by atoms with Gasteiger partial charge >= 0.3 is 5.97 Å². The molecule has 0 amide bonds. The van der Waals surface area contributed by atoms with E-state index in [1.54, 1.807) is 6.92 Å². The number of hydrogen-bond acceptors (Lipinski definition) is 3. The van der Waals surface area contributed by atoms with E-state index >= 15 is 0 Å². The first-order valence-corrected chi connectivity index (χ1v) is 3.87. The molecule has 0 heterocycles. The monoisotopic (exact) mass is 170 g/mol. The number of aliphatic carboxylic acids is 1. The fourth-order valence-corrected chi connectivity index (χ4v) is 0.753. The van der Waals surface area contributed by atoms with Crippen LogP contribution >= 0.6 is 0 Å². The van der Waals surface area contributed by atoms with E-state index in [0.717, 1.165) is 0 Å². The summed E-state index contributed by atoms with van der Waals surface area (Å²) < 4.78 is 0. The summed E-state index contributed by atoms with van der Waals surface area (Å²) in [4.78, 5) is 10.4. The first-order chi connectivity index (χ1) is 5.45. The van der Waals surface area contributed by atoms with Crippen LogP contribution in [0, 0.1) is 11.3 Å². The Morgan fingerprint density at radius 3 is 2.58 bits per heavy atom. The molecule has 0 aliphatic rings. The fraction of sp³-hybridized carbons (Fsp3) is 0.750. The lowest BCUT2D eigenvalue weighted by Gasteiger charge is -2.23. The summed E-state index contributed by atoms with van der Waals surface area (Å²) in [5.74, 6) is -0.940. The Morgan fingerprint density at radius 2 is 2.33 bits per heavy atom. The normalized spacial score (nSPS) is 17.5. The van der Waals surface area contributed by atoms with E-state index in [4.69, 9.17) is 10.4 Å². The maximum Gasteiger partial charge on any atom is 0.320 e. The molecule has 1 unspecified atom stereocenters. The Balaban J connectivity index is 4.24. The summed E-state index contributed by atoms with van der Waals surface area (Å²) in [7, 11) is 0. The smallest absolute Gasteiger partial charge is 0.320 e. The van der Waals surface area contributed by atoms with Crippen LogP contribution in [0.4, 0.5) is 0 Å². The molecule has 0 rings (SSSR count). The quantitative estimate of drug-likeness (QED) is 0.652. The third kappa shape index (κ3) is 2.89. The molecule has 4 heteroatoms. The lowest BCUT2D eigenvalue weighted by molar-refractivity contribution is -0.139. The van der Waals surface area contributed by atoms with Crippen molar-refractivity contribution < 1.29 is 9.90 Å². The Kier molecular flexibility index (Phi) is 3.71. The van der Waals surface area contributed by atoms with Crippen molar-refractivity contribution >= 4 is 5.97 Å². The number of nitriles is 1. The maximum atomic E-state index is 10.4. The molecule has 0 radical (unpaired) electrons. The number of rotatable bonds is 4. The molecule has 2 atom stereocenters. The van der Waals surface area contributed by atoms with Crippen molar-refractivity contribution in [2.24, 2.45) is 0 Å². The van der Waals surface area contributed by atoms with Crippen LogP contribution < -0.4 is 5.32 Å². The standard InChI is InChI=1S/C8H14N2O2/c1-4-8(3,5-9)10-6(2)7(11)12/h6,10H,4H2,1-3H3,(H,11,12)/t6-,8?/m0/s1. The van der Waals surface area contributed by atoms with Gasteiger partial charge in [0, 0.05) is 0 Å². The fourth-order valence-electron chi connectivity index (χ4n) is 0.753. The van der Waals surface area contributed by atoms with E-state index in [0.29, 0.717) is 6.42 Å². The summed E-state index contributed by atoms with van der Waals surface area (Å²) in [6.45, 7) is 5.05. The number of carboxylic acid groups (broad SMARTS) is 1. The minimum absolute atomic E-state index is 0.584. The van der Waals surface area contributed by atoms with Gasteiger partial charge in [0.25, 0.3) is 0 Å². The van der Waals surface area contributed by atoms with E-state index in [9.17, 15) is 4.79 Å². The van der Waals surface area contributed by atoms with Crippen LogP contribution in [0.3, 0.4) is 0 Å². The molecule has 0 saturated carbocycles. The van der Waals surface area contributed by atoms with Gasteiger partial charge in [0.1, 0.15) is 11.6 Å². The molecule has 0 aromatic rings. The Morgan fingerprint density at radius 1 is 1.83 bits per heavy atom. The van der Waals surface area contributed by atoms with Crippen molar-refractivity contribution in [1.29, 1.82) is 5.26 Å². The van der Waals surface area contributed by atoms with Gasteiger partial charge in [-0.15, -0.1) is 0 Å². The van der Waals surface area contributed by atoms with E-state index < -0.39 is 17.6 Å². The molecule has 0 saturated heterocycles. The molecular formula is C8H14N2O2. The van der Waals surface area contributed by atoms with Gasteiger partial charge in [0.15, 0.2) is 0 Å². The van der Waals surface area contributed by atoms with Crippen molar-refractivity contribution in [2.45, 2.75) is 38.8 Å². The lowest BCUT2D eigenvalue weighted by Crippen LogP contribution is -2.48. The van der Waals surface area contributed by atoms with Crippen LogP contribution in [0.25, 0.3) is 0 Å². The molecule has 0 aromatic carbocycles. The highest BCUT2D eigenvalue weighted by Crippen LogP contribution is 2.08. The van der Waals surface area contributed by atoms with Gasteiger partial charge in [-0.25, -0.2) is 0 Å². The number of hydrogen-bond donors (Lipinski definition) is 2. The number of nitrogens with one attached hydrogen (secondary N) is 1. The first kappa shape index (κ1) is 10.9. The van der Waals surface area contributed by atoms with Gasteiger partial charge < -0.3 is 5.11 Å². The van der Waals surface area contributed by atoms with Crippen LogP contribution in [0.15, 0.2) is 0 Å². The average molecular weight is 170 g/mol. The van der Waals surface area contributed by atoms with Gasteiger partial charge in [0.2, 0.25) is 0 Å². The first-order valence-electron chi connectivity index (χ1n) is 3.87. The average Bonchev–Trinajstić information content (AvgIpc) is 2.04. The molecule has 0 bridgehead atoms. The number of carbonyl (C=O) groups is 1. The van der Waals surface area contributed by atoms with Crippen LogP contribution in [0.2, 0.25) is 0 Å². The SMILES string of the molecule is CCC(C)(C#N)N[C@@H](C)C(=O)O. The van der Waals surface area contributed by atoms with Crippen molar-refractivity contribution in [3.63, 3.8) is 0 Å². The Bertz CT molecular complexity index is 210. The Labute approximate surface area is 72.2 Å². The van der Waals surface area contributed by atoms with Crippen molar-refractivity contribution in [1.82, 2.24) is 5.32 Å². The second kappa shape index (κ2) is 4.07. The lowest BCUT2D eigenvalue weighted by atomic mass is 10.00. The number of carboxylic acids is 1. The zero-order chi connectivity index (χ0) is 9.78. The van der Waals surface area contributed by atoms with Crippen LogP contribution in [-0.4, -0.2) is 22.7 Å². The minimum Gasteiger partial charge on any atom is -0.480 e. The molecule has 4 nitrogen and oxygen atoms in total. The summed E-state index contributed by atoms with van der Waals surface area (Å²) in [5, 5.41) is 20.0. The van der Waals surface area contributed by atoms with Crippen LogP contribution in [0.1, 0.15) is 27.2 Å². The summed E-state index contributed by atoms with van der Waals surface area (Å²) in [5.41, 5.74) is -0.738. The van der Waals surface area contributed by atoms with Crippen molar-refractivity contribution in [3.05, 3.63) is 0 Å². The molecule has 0 aliphatic carbocycles. The summed E-state index contributed by atoms with van der Waals surface area (Å²) >= 11 is 0. The highest BCUT2D eigenvalue weighted by Gasteiger charge is 2.25. The minimum atomic E-state index is -0.940. The molecule has 0 fully saturated rings. The van der Waals surface area contributed by atoms with Gasteiger partial charge in [-0.3, -0.25) is 10.1 Å². The second-order valence-corrected chi connectivity index (χ2v) is 3.00. The van der Waals surface area contributed by atoms with Gasteiger partial charge in [-0.1, -0.05) is 6.92 Å². The second-order valence-electron chi connectivity index (χ2n) is 3.00. The number of nitrogens with zero attached hydrogens (tertiary/aromatic N) is 1. The van der Waals surface area contributed by atoms with Gasteiger partial charge in [-0.05, 0) is 20.3 Å². The summed E-state index contributed by atoms with van der Waals surface area (Å²) in [6, 6.07) is 1.35. The molecule has 12 heavy (non-hydrogen) atoms. The van der Waals surface area contributed by atoms with E-state index in [2.05, 4.69) is 5.32 Å². The molecule has 0 spiro atoms. The van der Waals surface area contributed by atoms with E-state index in [1.165, 1.54) is 6.92 Å². The van der Waals surface area contributed by atoms with Crippen molar-refractivity contribution in [2.75, 3.05) is 0 Å². The van der Waals surface area contributed by atoms with Crippen LogP contribution in [0.5, 0.6) is 0 Å². The molecule has 0 aliphatic heterocycles. The predicted molar refractivity (Wildman–Crippen MR) is 44.5 cm³/mol. The van der Waals surface area contributed by atoms with Crippen LogP contribution in [-0.2, 0) is 4.79 Å². The predicted octanol–water partition coefficient (Wildman–Crippen LogP) is 0.741. The third-order valence-electron chi connectivity index (χ3n) is 1.86. The molecule has 68 valence electrons. The topological polar surface area (TPSA) is 73.1 Å². The van der Waals surface area contributed by atoms with Gasteiger partial charge in [0.05, 0.1) is 6.07 Å². The summed E-state index contributed by atoms with van der Waals surface area (Å²) in [6.07, 6.45) is 0.584. The third-order valence-corrected chi connectivity index (χ3v) is 1.86. The largest absolute Gasteiger partial charge is 0.480 e. The molecule has 2 N–H and O–H groups in total. The van der Waals surface area contributed by atoms with E-state index in [1.807, 2.05) is 13.0 Å². The highest BCUT2D eigenvalue weighted by molar-refractivity contribution is 5.73. The van der Waals surface area contributed by atoms with Gasteiger partial charge in [-0.2, -0.15) is 5.26 Å². The molecular weight excluding hydrogens is 156 g/mol. The molecule has 0 aromatic heterocycles. The Hall–Kier alpha value is -1.08. The zero-order valence-corrected chi connectivity index (χ0v) is 7.59. The maximum absolute atomic E-state index is 10.4. The van der Waals surface area contributed by atoms with Crippen molar-refractivity contribution in [3.8, 4) is 6.07 Å². The highest BCUT2D eigenvalue weighted by atomic mass is 16.4.